The van der Waals surface area contributed by atoms with Crippen molar-refractivity contribution < 1.29 is 14.0 Å². The van der Waals surface area contributed by atoms with Crippen LogP contribution in [0.1, 0.15) is 21.6 Å². The smallest absolute Gasteiger partial charge is 0.279 e. The Hall–Kier alpha value is -2.77. The van der Waals surface area contributed by atoms with Crippen molar-refractivity contribution in [1.82, 2.24) is 9.88 Å². The number of aryl methyl sites for hydroxylation is 1. The summed E-state index contributed by atoms with van der Waals surface area (Å²) in [6.07, 6.45) is 0. The highest BCUT2D eigenvalue weighted by Gasteiger charge is 2.10. The number of benzene rings is 2. The fourth-order valence-corrected chi connectivity index (χ4v) is 3.54. The van der Waals surface area contributed by atoms with Crippen molar-refractivity contribution in [2.45, 2.75) is 20.0 Å². The molecule has 0 radical (unpaired) electrons. The van der Waals surface area contributed by atoms with Crippen LogP contribution in [0, 0.1) is 12.7 Å². The molecule has 28 heavy (non-hydrogen) atoms. The van der Waals surface area contributed by atoms with Crippen molar-refractivity contribution >= 4 is 34.8 Å². The van der Waals surface area contributed by atoms with Crippen LogP contribution < -0.4 is 10.1 Å². The number of aromatic nitrogens is 1. The molecular formula is C20H17ClFN3O2S. The normalized spacial score (nSPS) is 11.5. The first kappa shape index (κ1) is 20.0. The molecule has 0 bridgehead atoms. The SMILES string of the molecule is Cc1csc(=NC(=O)c2cccc(Cl)c2)n1CC(=O)NCc1ccc(F)cc1. The number of carbonyl (C=O) groups excluding carboxylic acids is 2. The first-order valence-electron chi connectivity index (χ1n) is 8.43. The minimum absolute atomic E-state index is 0.0260. The minimum atomic E-state index is -0.426. The molecule has 0 unspecified atom stereocenters. The molecule has 144 valence electrons. The molecule has 1 aromatic heterocycles. The second kappa shape index (κ2) is 8.95. The molecule has 5 nitrogen and oxygen atoms in total. The first-order chi connectivity index (χ1) is 13.4. The van der Waals surface area contributed by atoms with E-state index in [0.29, 0.717) is 15.4 Å². The van der Waals surface area contributed by atoms with Gasteiger partial charge in [0.2, 0.25) is 5.91 Å². The minimum Gasteiger partial charge on any atom is -0.350 e. The van der Waals surface area contributed by atoms with Gasteiger partial charge < -0.3 is 9.88 Å². The molecule has 3 aromatic rings. The van der Waals surface area contributed by atoms with Gasteiger partial charge in [0.15, 0.2) is 4.80 Å². The largest absolute Gasteiger partial charge is 0.350 e. The van der Waals surface area contributed by atoms with Gasteiger partial charge in [0.05, 0.1) is 0 Å². The molecule has 0 aliphatic carbocycles. The third-order valence-corrected chi connectivity index (χ3v) is 5.18. The average molecular weight is 418 g/mol. The highest BCUT2D eigenvalue weighted by Crippen LogP contribution is 2.11. The molecule has 1 N–H and O–H groups in total. The summed E-state index contributed by atoms with van der Waals surface area (Å²) in [4.78, 5) is 29.3. The number of hydrogen-bond acceptors (Lipinski definition) is 3. The predicted molar refractivity (Wildman–Crippen MR) is 107 cm³/mol. The quantitative estimate of drug-likeness (QED) is 0.687. The summed E-state index contributed by atoms with van der Waals surface area (Å²) in [7, 11) is 0. The van der Waals surface area contributed by atoms with E-state index < -0.39 is 5.91 Å². The summed E-state index contributed by atoms with van der Waals surface area (Å²) in [5.41, 5.74) is 1.99. The van der Waals surface area contributed by atoms with Crippen molar-refractivity contribution in [3.05, 3.63) is 86.4 Å². The maximum atomic E-state index is 12.9. The lowest BCUT2D eigenvalue weighted by Gasteiger charge is -2.08. The van der Waals surface area contributed by atoms with Crippen LogP contribution >= 0.6 is 22.9 Å². The Morgan fingerprint density at radius 1 is 1.21 bits per heavy atom. The van der Waals surface area contributed by atoms with Crippen molar-refractivity contribution in [3.63, 3.8) is 0 Å². The van der Waals surface area contributed by atoms with Gasteiger partial charge in [-0.3, -0.25) is 9.59 Å². The molecule has 8 heteroatoms. The number of thiazole rings is 1. The second-order valence-corrected chi connectivity index (χ2v) is 7.35. The molecule has 0 atom stereocenters. The molecule has 1 heterocycles. The molecular weight excluding hydrogens is 401 g/mol. The van der Waals surface area contributed by atoms with Gasteiger partial charge in [0.25, 0.3) is 5.91 Å². The van der Waals surface area contributed by atoms with Gasteiger partial charge in [-0.15, -0.1) is 11.3 Å². The van der Waals surface area contributed by atoms with Crippen molar-refractivity contribution in [2.24, 2.45) is 4.99 Å². The number of halogens is 2. The van der Waals surface area contributed by atoms with E-state index in [9.17, 15) is 14.0 Å². The van der Waals surface area contributed by atoms with E-state index in [1.54, 1.807) is 41.0 Å². The lowest BCUT2D eigenvalue weighted by Crippen LogP contribution is -2.31. The third-order valence-electron chi connectivity index (χ3n) is 3.96. The summed E-state index contributed by atoms with van der Waals surface area (Å²) in [5.74, 6) is -0.984. The van der Waals surface area contributed by atoms with Crippen LogP contribution in [-0.2, 0) is 17.9 Å². The number of nitrogens with zero attached hydrogens (tertiary/aromatic N) is 2. The number of carbonyl (C=O) groups is 2. The molecule has 0 saturated heterocycles. The maximum Gasteiger partial charge on any atom is 0.279 e. The Balaban J connectivity index is 1.72. The van der Waals surface area contributed by atoms with E-state index in [1.165, 1.54) is 23.5 Å². The number of hydrogen-bond donors (Lipinski definition) is 1. The maximum absolute atomic E-state index is 12.9. The summed E-state index contributed by atoms with van der Waals surface area (Å²) >= 11 is 7.20. The van der Waals surface area contributed by atoms with Crippen LogP contribution in [0.5, 0.6) is 0 Å². The molecule has 2 aromatic carbocycles. The molecule has 0 saturated carbocycles. The van der Waals surface area contributed by atoms with Crippen molar-refractivity contribution in [3.8, 4) is 0 Å². The van der Waals surface area contributed by atoms with Gasteiger partial charge in [-0.25, -0.2) is 4.39 Å². The summed E-state index contributed by atoms with van der Waals surface area (Å²) in [6.45, 7) is 2.15. The van der Waals surface area contributed by atoms with Crippen LogP contribution in [0.25, 0.3) is 0 Å². The van der Waals surface area contributed by atoms with Gasteiger partial charge in [-0.2, -0.15) is 4.99 Å². The van der Waals surface area contributed by atoms with Gasteiger partial charge in [-0.05, 0) is 42.8 Å². The van der Waals surface area contributed by atoms with Crippen LogP contribution in [0.2, 0.25) is 5.02 Å². The lowest BCUT2D eigenvalue weighted by molar-refractivity contribution is -0.121. The second-order valence-electron chi connectivity index (χ2n) is 6.08. The third kappa shape index (κ3) is 5.15. The van der Waals surface area contributed by atoms with Gasteiger partial charge >= 0.3 is 0 Å². The zero-order valence-electron chi connectivity index (χ0n) is 15.0. The Labute approximate surface area is 170 Å². The van der Waals surface area contributed by atoms with Crippen LogP contribution in [0.3, 0.4) is 0 Å². The molecule has 0 aliphatic rings. The van der Waals surface area contributed by atoms with Crippen LogP contribution in [0.4, 0.5) is 4.39 Å². The molecule has 0 spiro atoms. The number of nitrogens with one attached hydrogen (secondary N) is 1. The van der Waals surface area contributed by atoms with E-state index in [0.717, 1.165) is 11.3 Å². The Morgan fingerprint density at radius 3 is 2.68 bits per heavy atom. The van der Waals surface area contributed by atoms with E-state index in [-0.39, 0.29) is 24.8 Å². The van der Waals surface area contributed by atoms with Crippen molar-refractivity contribution in [2.75, 3.05) is 0 Å². The van der Waals surface area contributed by atoms with Crippen LogP contribution in [-0.4, -0.2) is 16.4 Å². The monoisotopic (exact) mass is 417 g/mol. The Kier molecular flexibility index (Phi) is 6.38. The molecule has 3 rings (SSSR count). The van der Waals surface area contributed by atoms with E-state index in [4.69, 9.17) is 11.6 Å². The first-order valence-corrected chi connectivity index (χ1v) is 9.69. The molecule has 2 amide bonds. The number of rotatable bonds is 5. The summed E-state index contributed by atoms with van der Waals surface area (Å²) in [6, 6.07) is 12.5. The van der Waals surface area contributed by atoms with Crippen molar-refractivity contribution in [1.29, 1.82) is 0 Å². The number of amides is 2. The van der Waals surface area contributed by atoms with Crippen LogP contribution in [0.15, 0.2) is 58.9 Å². The topological polar surface area (TPSA) is 63.5 Å². The summed E-state index contributed by atoms with van der Waals surface area (Å²) < 4.78 is 14.6. The standard InChI is InChI=1S/C20H17ClFN3O2S/c1-13-12-28-20(24-19(27)15-3-2-4-16(21)9-15)25(13)11-18(26)23-10-14-5-7-17(22)8-6-14/h2-9,12H,10-11H2,1H3,(H,23,26). The highest BCUT2D eigenvalue weighted by molar-refractivity contribution is 7.07. The fraction of sp³-hybridized carbons (Fsp3) is 0.150. The fourth-order valence-electron chi connectivity index (χ4n) is 2.47. The highest BCUT2D eigenvalue weighted by atomic mass is 35.5. The average Bonchev–Trinajstić information content (AvgIpc) is 3.01. The predicted octanol–water partition coefficient (Wildman–Crippen LogP) is 3.71. The molecule has 0 fully saturated rings. The lowest BCUT2D eigenvalue weighted by atomic mass is 10.2. The molecule has 0 aliphatic heterocycles. The zero-order chi connectivity index (χ0) is 20.1. The Bertz CT molecular complexity index is 1070. The van der Waals surface area contributed by atoms with E-state index in [1.807, 2.05) is 12.3 Å². The summed E-state index contributed by atoms with van der Waals surface area (Å²) in [5, 5.41) is 5.07. The Morgan fingerprint density at radius 2 is 1.96 bits per heavy atom. The van der Waals surface area contributed by atoms with E-state index >= 15 is 0 Å². The van der Waals surface area contributed by atoms with Gasteiger partial charge in [0, 0.05) is 28.2 Å². The zero-order valence-corrected chi connectivity index (χ0v) is 16.6. The van der Waals surface area contributed by atoms with Gasteiger partial charge in [-0.1, -0.05) is 29.8 Å². The van der Waals surface area contributed by atoms with Gasteiger partial charge in [0.1, 0.15) is 12.4 Å². The van der Waals surface area contributed by atoms with E-state index in [2.05, 4.69) is 10.3 Å².